The van der Waals surface area contributed by atoms with E-state index < -0.39 is 46.2 Å². The Morgan fingerprint density at radius 1 is 0.495 bits per heavy atom. The number of nitrogens with one attached hydrogen (secondary N) is 3. The molecule has 1 aromatic carbocycles. The van der Waals surface area contributed by atoms with Crippen molar-refractivity contribution in [2.75, 3.05) is 102 Å². The Labute approximate surface area is 569 Å². The summed E-state index contributed by atoms with van der Waals surface area (Å²) in [7, 11) is -12.5. The molecule has 30 nitrogen and oxygen atoms in total. The Morgan fingerprint density at radius 2 is 0.897 bits per heavy atom. The number of aliphatic hydroxyl groups excluding tert-OH is 1. The molecule has 4 N–H and O–H groups in total. The molecular formula is C63H93N19O11S4. The molecule has 1 unspecified atom stereocenters. The first kappa shape index (κ1) is 75.4. The molecule has 530 valence electrons. The van der Waals surface area contributed by atoms with Gasteiger partial charge in [0, 0.05) is 116 Å². The van der Waals surface area contributed by atoms with Gasteiger partial charge in [-0.15, -0.1) is 40.8 Å². The third-order valence-electron chi connectivity index (χ3n) is 16.7. The molecule has 2 fully saturated rings. The van der Waals surface area contributed by atoms with Crippen molar-refractivity contribution in [3.63, 3.8) is 0 Å². The van der Waals surface area contributed by atoms with Gasteiger partial charge in [-0.25, -0.2) is 33.7 Å². The molecule has 0 amide bonds. The number of pyridine rings is 4. The maximum Gasteiger partial charge on any atom is 0.244 e. The topological polar surface area (TPSA) is 345 Å². The van der Waals surface area contributed by atoms with Crippen molar-refractivity contribution >= 4 is 80.5 Å². The van der Waals surface area contributed by atoms with Crippen LogP contribution in [-0.4, -0.2) is 218 Å². The second kappa shape index (κ2) is 34.9. The molecule has 0 bridgehead atoms. The summed E-state index contributed by atoms with van der Waals surface area (Å²) in [4.78, 5) is 0.943. The lowest BCUT2D eigenvalue weighted by atomic mass is 10.1. The highest BCUT2D eigenvalue weighted by Crippen LogP contribution is 2.26. The van der Waals surface area contributed by atoms with Gasteiger partial charge >= 0.3 is 0 Å². The number of rotatable bonds is 30. The average Bonchev–Trinajstić information content (AvgIpc) is 1.72. The van der Waals surface area contributed by atoms with E-state index in [9.17, 15) is 38.8 Å². The summed E-state index contributed by atoms with van der Waals surface area (Å²) in [5.41, 5.74) is 3.64. The molecular weight excluding hydrogens is 1330 g/mol. The number of ether oxygens (including phenoxy) is 2. The van der Waals surface area contributed by atoms with E-state index in [2.05, 4.69) is 68.9 Å². The first-order valence-corrected chi connectivity index (χ1v) is 38.8. The zero-order valence-corrected chi connectivity index (χ0v) is 60.0. The highest BCUT2D eigenvalue weighted by molar-refractivity contribution is 7.90. The molecule has 0 radical (unpaired) electrons. The van der Waals surface area contributed by atoms with Gasteiger partial charge in [-0.05, 0) is 92.6 Å². The number of methoxy groups -OCH3 is 1. The van der Waals surface area contributed by atoms with Gasteiger partial charge in [0.15, 0.2) is 22.6 Å². The SMILES string of the molecule is CCN(CC)S(=O)(=O)c1ccc2nnc(CCC(O)COC)n2c1.CCN(CC)S(=O)(=O)c1ccc2nnc(NC3CCCC3)n2c1.CCN(CC)S(=O)(=O)c1ccc2nnc(NCCc3ccccc3)n2c1.CCN(CC)S(=O)(=O)c1ccc2nnc(NC[C@H]3CCCO3)n2c1. The molecule has 8 aromatic heterocycles. The fourth-order valence-corrected chi connectivity index (χ4v) is 17.1. The number of aryl methyl sites for hydroxylation is 1. The number of hydrogen-bond donors (Lipinski definition) is 4. The molecule has 97 heavy (non-hydrogen) atoms. The van der Waals surface area contributed by atoms with Crippen LogP contribution >= 0.6 is 0 Å². The highest BCUT2D eigenvalue weighted by atomic mass is 32.2. The number of hydrogen-bond acceptors (Lipinski definition) is 22. The van der Waals surface area contributed by atoms with E-state index in [4.69, 9.17) is 9.47 Å². The van der Waals surface area contributed by atoms with Gasteiger partial charge < -0.3 is 30.5 Å². The fourth-order valence-electron chi connectivity index (χ4n) is 11.3. The van der Waals surface area contributed by atoms with Gasteiger partial charge in [0.25, 0.3) is 0 Å². The van der Waals surface area contributed by atoms with Gasteiger partial charge in [0.05, 0.1) is 38.4 Å². The minimum absolute atomic E-state index is 0.167. The smallest absolute Gasteiger partial charge is 0.244 e. The van der Waals surface area contributed by atoms with Crippen LogP contribution in [0.4, 0.5) is 17.8 Å². The van der Waals surface area contributed by atoms with Crippen molar-refractivity contribution in [3.8, 4) is 0 Å². The summed E-state index contributed by atoms with van der Waals surface area (Å²) < 4.78 is 124. The van der Waals surface area contributed by atoms with Crippen LogP contribution in [0.3, 0.4) is 0 Å². The number of aliphatic hydroxyl groups is 1. The third-order valence-corrected chi connectivity index (χ3v) is 24.9. The van der Waals surface area contributed by atoms with Gasteiger partial charge in [0.2, 0.25) is 57.9 Å². The molecule has 2 atom stereocenters. The number of aromatic nitrogens is 12. The Balaban J connectivity index is 0.000000165. The zero-order valence-electron chi connectivity index (χ0n) is 56.7. The van der Waals surface area contributed by atoms with Crippen LogP contribution in [0.15, 0.2) is 123 Å². The normalized spacial score (nSPS) is 15.1. The second-order valence-electron chi connectivity index (χ2n) is 22.9. The molecule has 0 spiro atoms. The summed E-state index contributed by atoms with van der Waals surface area (Å²) in [5.74, 6) is 2.28. The highest BCUT2D eigenvalue weighted by Gasteiger charge is 2.28. The Hall–Kier alpha value is -7.38. The van der Waals surface area contributed by atoms with Gasteiger partial charge in [-0.2, -0.15) is 17.2 Å². The molecule has 1 saturated heterocycles. The average molecular weight is 1420 g/mol. The van der Waals surface area contributed by atoms with E-state index in [1.165, 1.54) is 42.7 Å². The van der Waals surface area contributed by atoms with Crippen LogP contribution in [-0.2, 0) is 62.4 Å². The minimum Gasteiger partial charge on any atom is -0.391 e. The lowest BCUT2D eigenvalue weighted by Crippen LogP contribution is -2.30. The lowest BCUT2D eigenvalue weighted by molar-refractivity contribution is 0.0591. The van der Waals surface area contributed by atoms with Crippen LogP contribution in [0, 0.1) is 0 Å². The van der Waals surface area contributed by atoms with E-state index in [1.54, 1.807) is 105 Å². The first-order chi connectivity index (χ1) is 46.6. The quantitative estimate of drug-likeness (QED) is 0.0369. The van der Waals surface area contributed by atoms with E-state index in [1.807, 2.05) is 59.7 Å². The number of benzene rings is 1. The summed E-state index contributed by atoms with van der Waals surface area (Å²) in [6.45, 7) is 20.4. The van der Waals surface area contributed by atoms with Crippen molar-refractivity contribution in [2.24, 2.45) is 0 Å². The molecule has 9 heterocycles. The van der Waals surface area contributed by atoms with Crippen LogP contribution in [0.2, 0.25) is 0 Å². The van der Waals surface area contributed by atoms with E-state index in [0.717, 1.165) is 38.7 Å². The number of anilines is 3. The van der Waals surface area contributed by atoms with Crippen molar-refractivity contribution in [1.82, 2.24) is 75.6 Å². The van der Waals surface area contributed by atoms with Crippen molar-refractivity contribution in [2.45, 2.75) is 151 Å². The Morgan fingerprint density at radius 3 is 1.32 bits per heavy atom. The minimum atomic E-state index is -3.54. The fraction of sp³-hybridized carbons (Fsp3) is 0.524. The maximum atomic E-state index is 12.7. The summed E-state index contributed by atoms with van der Waals surface area (Å²) >= 11 is 0. The van der Waals surface area contributed by atoms with E-state index in [0.29, 0.717) is 131 Å². The molecule has 11 rings (SSSR count). The first-order valence-electron chi connectivity index (χ1n) is 33.1. The van der Waals surface area contributed by atoms with E-state index in [-0.39, 0.29) is 32.3 Å². The summed E-state index contributed by atoms with van der Waals surface area (Å²) in [6.07, 6.45) is 14.4. The largest absolute Gasteiger partial charge is 0.391 e. The number of fused-ring (bicyclic) bond motifs is 4. The number of nitrogens with zero attached hydrogens (tertiary/aromatic N) is 16. The standard InChI is InChI=1S/C18H23N5O2S.C15H23N5O3S.C15H23N5O2S.C15H24N4O4S/c1-3-22(4-2)26(24,25)16-10-11-17-20-21-18(23(17)14-16)19-13-12-15-8-6-5-7-9-15;1-3-19(4-2)24(21,22)13-7-8-14-17-18-15(20(14)11-13)16-10-12-6-5-9-23-12;1-3-19(4-2)23(21,22)13-9-10-14-17-18-15(20(14)11-13)16-12-7-5-6-8-12;1-4-18(5-2)24(21,22)13-7-9-15-17-16-14(19(15)10-13)8-6-12(20)11-23-3/h5-11,14H,3-4,12-13H2,1-2H3,(H,19,21);7-8,11-12H,3-6,9-10H2,1-2H3,(H,16,18);9-12H,3-8H2,1-2H3,(H,16,18);7,9-10,12,20H,4-6,8,11H2,1-3H3/t;12-;;/m.1../s1. The Bertz CT molecular complexity index is 4430. The van der Waals surface area contributed by atoms with Crippen molar-refractivity contribution in [1.29, 1.82) is 0 Å². The summed E-state index contributed by atoms with van der Waals surface area (Å²) in [6, 6.07) is 23.5. The van der Waals surface area contributed by atoms with Gasteiger partial charge in [0.1, 0.15) is 5.82 Å². The zero-order chi connectivity index (χ0) is 69.9. The van der Waals surface area contributed by atoms with Crippen LogP contribution in [0.1, 0.15) is 112 Å². The summed E-state index contributed by atoms with van der Waals surface area (Å²) in [5, 5.41) is 52.4. The lowest BCUT2D eigenvalue weighted by Gasteiger charge is -2.18. The van der Waals surface area contributed by atoms with E-state index >= 15 is 0 Å². The maximum absolute atomic E-state index is 12.7. The molecule has 1 saturated carbocycles. The van der Waals surface area contributed by atoms with Crippen LogP contribution in [0.5, 0.6) is 0 Å². The molecule has 34 heteroatoms. The van der Waals surface area contributed by atoms with Crippen LogP contribution < -0.4 is 16.0 Å². The van der Waals surface area contributed by atoms with Gasteiger partial charge in [-0.3, -0.25) is 17.6 Å². The Kier molecular flexibility index (Phi) is 27.1. The molecule has 1 aliphatic carbocycles. The molecule has 1 aliphatic heterocycles. The molecule has 2 aliphatic rings. The van der Waals surface area contributed by atoms with Crippen molar-refractivity contribution < 1.29 is 48.3 Å². The predicted octanol–water partition coefficient (Wildman–Crippen LogP) is 6.58. The van der Waals surface area contributed by atoms with Gasteiger partial charge in [-0.1, -0.05) is 98.6 Å². The predicted molar refractivity (Wildman–Crippen MR) is 371 cm³/mol. The third kappa shape index (κ3) is 18.5. The molecule has 9 aromatic rings. The second-order valence-corrected chi connectivity index (χ2v) is 30.6. The van der Waals surface area contributed by atoms with Crippen LogP contribution in [0.25, 0.3) is 22.6 Å². The monoisotopic (exact) mass is 1420 g/mol. The van der Waals surface area contributed by atoms with Crippen molar-refractivity contribution in [3.05, 3.63) is 115 Å². The number of sulfonamides is 4.